The minimum atomic E-state index is -4.89. The zero-order valence-corrected chi connectivity index (χ0v) is 33.7. The van der Waals surface area contributed by atoms with E-state index in [-0.39, 0.29) is 34.4 Å². The van der Waals surface area contributed by atoms with Crippen LogP contribution in [-0.4, -0.2) is 9.52 Å². The summed E-state index contributed by atoms with van der Waals surface area (Å²) in [5.74, 6) is 0. The van der Waals surface area contributed by atoms with Gasteiger partial charge in [-0.1, -0.05) is 62.3 Å². The van der Waals surface area contributed by atoms with Crippen molar-refractivity contribution in [1.82, 2.24) is 0 Å². The molecule has 6 aromatic carbocycles. The molecule has 0 unspecified atom stereocenters. The zero-order chi connectivity index (χ0) is 40.8. The summed E-state index contributed by atoms with van der Waals surface area (Å²) in [5, 5.41) is 2.66. The van der Waals surface area contributed by atoms with Gasteiger partial charge >= 0.3 is 62.6 Å². The molecule has 0 aromatic heterocycles. The van der Waals surface area contributed by atoms with Crippen LogP contribution in [-0.2, 0) is 45.6 Å². The second kappa shape index (κ2) is 18.3. The molecule has 0 fully saturated rings. The zero-order valence-electron chi connectivity index (χ0n) is 28.6. The summed E-state index contributed by atoms with van der Waals surface area (Å²) < 4.78 is 157. The van der Waals surface area contributed by atoms with Gasteiger partial charge in [-0.2, -0.15) is 64.8 Å². The molecule has 0 nitrogen and oxygen atoms in total. The average molecular weight is 904 g/mol. The first-order chi connectivity index (χ1) is 25.0. The standard InChI is InChI=1S/2C18H11F6.C2H7Si.2ClH.Zr/c2*1-10-7-11-3-2-4-13(15(11)8-10)14-6-5-12(17(19,20)21)9-16(14)18(22,23)24;1-3-2;;;/h2*2-9H,1H3;3H,1-2H3;2*1H;/q2*-1;;;;+4/p-2. The van der Waals surface area contributed by atoms with E-state index < -0.39 is 67.8 Å². The molecule has 0 saturated heterocycles. The van der Waals surface area contributed by atoms with Crippen LogP contribution in [0.2, 0.25) is 13.1 Å². The van der Waals surface area contributed by atoms with Crippen molar-refractivity contribution in [2.75, 3.05) is 0 Å². The van der Waals surface area contributed by atoms with Gasteiger partial charge in [-0.05, 0) is 35.4 Å². The van der Waals surface area contributed by atoms with E-state index in [9.17, 15) is 52.7 Å². The number of alkyl halides is 12. The van der Waals surface area contributed by atoms with Gasteiger partial charge < -0.3 is 0 Å². The molecule has 54 heavy (non-hydrogen) atoms. The third-order valence-corrected chi connectivity index (χ3v) is 7.67. The Labute approximate surface area is 324 Å². The minimum absolute atomic E-state index is 0.171. The number of halogens is 14. The Bertz CT molecular complexity index is 2000. The maximum absolute atomic E-state index is 13.3. The Balaban J connectivity index is 0.000000254. The Morgan fingerprint density at radius 3 is 1.07 bits per heavy atom. The number of hydrogen-bond acceptors (Lipinski definition) is 0. The quantitative estimate of drug-likeness (QED) is 0.0923. The summed E-state index contributed by atoms with van der Waals surface area (Å²) in [6.07, 6.45) is -19.4. The second-order valence-electron chi connectivity index (χ2n) is 11.8. The third-order valence-electron chi connectivity index (χ3n) is 7.67. The van der Waals surface area contributed by atoms with E-state index in [1.807, 2.05) is 12.1 Å². The van der Waals surface area contributed by atoms with Gasteiger partial charge in [0.15, 0.2) is 0 Å². The van der Waals surface area contributed by atoms with Gasteiger partial charge in [-0.3, -0.25) is 0 Å². The van der Waals surface area contributed by atoms with Crippen LogP contribution in [0.25, 0.3) is 43.8 Å². The number of rotatable bonds is 2. The SMILES string of the molecule is C[SiH]C.Cc1cc2c(-c3ccc(C(F)(F)F)cc3C(F)(F)F)cccc2[cH-]1.Cc1cc2c(-c3ccc(C(F)(F)F)cc3C(F)(F)F)cccc2[cH-]1.[Cl][Zr+2][Cl]. The van der Waals surface area contributed by atoms with Crippen LogP contribution in [0.1, 0.15) is 33.4 Å². The maximum atomic E-state index is 13.3. The molecule has 0 aliphatic heterocycles. The first kappa shape index (κ1) is 45.3. The van der Waals surface area contributed by atoms with E-state index in [2.05, 4.69) is 13.1 Å². The Morgan fingerprint density at radius 2 is 0.796 bits per heavy atom. The molecule has 16 heteroatoms. The number of fused-ring (bicyclic) bond motifs is 2. The van der Waals surface area contributed by atoms with E-state index in [0.717, 1.165) is 43.6 Å². The van der Waals surface area contributed by atoms with Gasteiger partial charge in [0.2, 0.25) is 0 Å². The molecule has 1 radical (unpaired) electrons. The fourth-order valence-electron chi connectivity index (χ4n) is 5.62. The average Bonchev–Trinajstić information content (AvgIpc) is 3.64. The van der Waals surface area contributed by atoms with E-state index in [1.54, 1.807) is 50.2 Å². The second-order valence-corrected chi connectivity index (χ2v) is 16.7. The van der Waals surface area contributed by atoms with Crippen molar-refractivity contribution in [3.63, 3.8) is 0 Å². The van der Waals surface area contributed by atoms with Gasteiger partial charge in [0.25, 0.3) is 0 Å². The van der Waals surface area contributed by atoms with Crippen molar-refractivity contribution >= 4 is 48.1 Å². The molecule has 6 aromatic rings. The van der Waals surface area contributed by atoms with Crippen LogP contribution in [0.15, 0.2) is 97.1 Å². The summed E-state index contributed by atoms with van der Waals surface area (Å²) in [6.45, 7) is 8.03. The van der Waals surface area contributed by atoms with Gasteiger partial charge in [0.05, 0.1) is 22.3 Å². The predicted octanol–water partition coefficient (Wildman–Crippen LogP) is 15.0. The van der Waals surface area contributed by atoms with Crippen molar-refractivity contribution in [2.24, 2.45) is 0 Å². The van der Waals surface area contributed by atoms with Crippen molar-refractivity contribution in [3.8, 4) is 22.3 Å². The van der Waals surface area contributed by atoms with Crippen molar-refractivity contribution in [3.05, 3.63) is 130 Å². The van der Waals surface area contributed by atoms with Crippen LogP contribution in [0.3, 0.4) is 0 Å². The summed E-state index contributed by atoms with van der Waals surface area (Å²) in [4.78, 5) is 0. The first-order valence-corrected chi connectivity index (χ1v) is 24.2. The molecular weight excluding hydrogens is 875 g/mol. The van der Waals surface area contributed by atoms with Gasteiger partial charge in [-0.25, -0.2) is 0 Å². The Kier molecular flexibility index (Phi) is 15.3. The van der Waals surface area contributed by atoms with Gasteiger partial charge in [0, 0.05) is 9.52 Å². The normalized spacial score (nSPS) is 11.9. The van der Waals surface area contributed by atoms with Crippen molar-refractivity contribution in [2.45, 2.75) is 51.6 Å². The molecule has 6 rings (SSSR count). The van der Waals surface area contributed by atoms with E-state index >= 15 is 0 Å². The Hall–Kier alpha value is -3.06. The predicted molar refractivity (Wildman–Crippen MR) is 190 cm³/mol. The fourth-order valence-corrected chi connectivity index (χ4v) is 5.62. The van der Waals surface area contributed by atoms with Crippen LogP contribution in [0.4, 0.5) is 52.7 Å². The molecule has 0 N–H and O–H groups in total. The van der Waals surface area contributed by atoms with Gasteiger partial charge in [0.1, 0.15) is 0 Å². The van der Waals surface area contributed by atoms with Crippen LogP contribution >= 0.6 is 17.0 Å². The topological polar surface area (TPSA) is 0 Å². The monoisotopic (exact) mass is 901 g/mol. The first-order valence-electron chi connectivity index (χ1n) is 15.6. The molecule has 0 atom stereocenters. The van der Waals surface area contributed by atoms with E-state index in [4.69, 9.17) is 17.0 Å². The summed E-state index contributed by atoms with van der Waals surface area (Å²) in [5.41, 5.74) is -3.45. The fraction of sp³-hybridized carbons (Fsp3) is 0.211. The molecule has 0 heterocycles. The molecule has 0 amide bonds. The molecule has 287 valence electrons. The van der Waals surface area contributed by atoms with Crippen LogP contribution in [0, 0.1) is 13.8 Å². The molecule has 0 aliphatic rings. The molecule has 0 saturated carbocycles. The van der Waals surface area contributed by atoms with Crippen LogP contribution in [0.5, 0.6) is 0 Å². The molecular formula is C38H29Cl2F12SiZr. The summed E-state index contributed by atoms with van der Waals surface area (Å²) >= 11 is -0.826. The number of aryl methyl sites for hydroxylation is 2. The molecule has 0 aliphatic carbocycles. The van der Waals surface area contributed by atoms with Crippen LogP contribution < -0.4 is 0 Å². The number of hydrogen-bond donors (Lipinski definition) is 0. The summed E-state index contributed by atoms with van der Waals surface area (Å²) in [6, 6.07) is 20.2. The van der Waals surface area contributed by atoms with E-state index in [0.29, 0.717) is 22.9 Å². The molecule has 0 bridgehead atoms. The third kappa shape index (κ3) is 11.5. The van der Waals surface area contributed by atoms with Crippen molar-refractivity contribution < 1.29 is 73.5 Å². The summed E-state index contributed by atoms with van der Waals surface area (Å²) in [7, 11) is 10.6. The van der Waals surface area contributed by atoms with Crippen molar-refractivity contribution in [1.29, 1.82) is 0 Å². The van der Waals surface area contributed by atoms with E-state index in [1.165, 1.54) is 12.1 Å². The number of benzene rings is 4. The van der Waals surface area contributed by atoms with Gasteiger partial charge in [-0.15, -0.1) is 69.1 Å². The Morgan fingerprint density at radius 1 is 0.481 bits per heavy atom. The molecule has 0 spiro atoms.